The summed E-state index contributed by atoms with van der Waals surface area (Å²) in [7, 11) is 0. The summed E-state index contributed by atoms with van der Waals surface area (Å²) in [6.07, 6.45) is 3.55. The van der Waals surface area contributed by atoms with Crippen LogP contribution in [-0.4, -0.2) is 50.3 Å². The summed E-state index contributed by atoms with van der Waals surface area (Å²) >= 11 is 0. The van der Waals surface area contributed by atoms with E-state index in [-0.39, 0.29) is 0 Å². The zero-order valence-electron chi connectivity index (χ0n) is 12.7. The van der Waals surface area contributed by atoms with Crippen molar-refractivity contribution < 1.29 is 4.74 Å². The predicted octanol–water partition coefficient (Wildman–Crippen LogP) is 2.32. The highest BCUT2D eigenvalue weighted by atomic mass is 16.5. The summed E-state index contributed by atoms with van der Waals surface area (Å²) in [5, 5.41) is 3.70. The topological polar surface area (TPSA) is 24.5 Å². The van der Waals surface area contributed by atoms with Crippen molar-refractivity contribution in [2.75, 3.05) is 39.4 Å². The second-order valence-electron chi connectivity index (χ2n) is 5.56. The molecule has 0 aromatic heterocycles. The molecule has 1 atom stereocenters. The molecule has 0 aliphatic carbocycles. The summed E-state index contributed by atoms with van der Waals surface area (Å²) in [5.41, 5.74) is 1.43. The number of hydrogen-bond acceptors (Lipinski definition) is 3. The van der Waals surface area contributed by atoms with Gasteiger partial charge in [0.15, 0.2) is 0 Å². The normalized spacial score (nSPS) is 18.1. The minimum absolute atomic E-state index is 0.599. The average Bonchev–Trinajstić information content (AvgIpc) is 2.52. The van der Waals surface area contributed by atoms with Crippen LogP contribution in [0, 0.1) is 0 Å². The quantitative estimate of drug-likeness (QED) is 0.738. The number of benzene rings is 1. The number of nitrogens with one attached hydrogen (secondary N) is 1. The first-order valence-electron chi connectivity index (χ1n) is 7.96. The molecule has 0 amide bonds. The first-order valence-corrected chi connectivity index (χ1v) is 7.96. The molecule has 20 heavy (non-hydrogen) atoms. The van der Waals surface area contributed by atoms with Crippen molar-refractivity contribution in [3.63, 3.8) is 0 Å². The largest absolute Gasteiger partial charge is 0.379 e. The third-order valence-corrected chi connectivity index (χ3v) is 4.01. The van der Waals surface area contributed by atoms with Crippen LogP contribution in [-0.2, 0) is 11.2 Å². The van der Waals surface area contributed by atoms with Crippen LogP contribution < -0.4 is 5.32 Å². The molecular weight excluding hydrogens is 248 g/mol. The highest BCUT2D eigenvalue weighted by molar-refractivity contribution is 5.15. The van der Waals surface area contributed by atoms with Gasteiger partial charge in [-0.15, -0.1) is 0 Å². The molecule has 1 aliphatic rings. The van der Waals surface area contributed by atoms with Crippen molar-refractivity contribution in [1.82, 2.24) is 10.2 Å². The molecule has 2 rings (SSSR count). The fraction of sp³-hybridized carbons (Fsp3) is 0.647. The number of morpholine rings is 1. The Labute approximate surface area is 123 Å². The monoisotopic (exact) mass is 276 g/mol. The fourth-order valence-corrected chi connectivity index (χ4v) is 2.69. The molecular formula is C17H28N2O. The van der Waals surface area contributed by atoms with Gasteiger partial charge < -0.3 is 10.1 Å². The fourth-order valence-electron chi connectivity index (χ4n) is 2.69. The van der Waals surface area contributed by atoms with Crippen molar-refractivity contribution in [3.05, 3.63) is 35.9 Å². The first kappa shape index (κ1) is 15.5. The van der Waals surface area contributed by atoms with Gasteiger partial charge in [0.05, 0.1) is 13.2 Å². The van der Waals surface area contributed by atoms with E-state index < -0.39 is 0 Å². The smallest absolute Gasteiger partial charge is 0.0594 e. The molecule has 112 valence electrons. The van der Waals surface area contributed by atoms with Crippen LogP contribution in [0.2, 0.25) is 0 Å². The lowest BCUT2D eigenvalue weighted by Crippen LogP contribution is -2.38. The van der Waals surface area contributed by atoms with Crippen LogP contribution in [0.15, 0.2) is 30.3 Å². The van der Waals surface area contributed by atoms with Crippen LogP contribution in [0.5, 0.6) is 0 Å². The van der Waals surface area contributed by atoms with Crippen molar-refractivity contribution >= 4 is 0 Å². The van der Waals surface area contributed by atoms with E-state index in [1.165, 1.54) is 24.9 Å². The highest BCUT2D eigenvalue weighted by Crippen LogP contribution is 2.05. The molecule has 1 unspecified atom stereocenters. The zero-order valence-corrected chi connectivity index (χ0v) is 12.7. The molecule has 1 aromatic carbocycles. The van der Waals surface area contributed by atoms with E-state index in [1.54, 1.807) is 0 Å². The lowest BCUT2D eigenvalue weighted by molar-refractivity contribution is 0.0374. The maximum atomic E-state index is 5.37. The number of ether oxygens (including phenoxy) is 1. The molecule has 1 aromatic rings. The Hall–Kier alpha value is -0.900. The van der Waals surface area contributed by atoms with Crippen molar-refractivity contribution in [1.29, 1.82) is 0 Å². The number of hydrogen-bond donors (Lipinski definition) is 1. The second kappa shape index (κ2) is 9.11. The minimum atomic E-state index is 0.599. The van der Waals surface area contributed by atoms with Gasteiger partial charge in [-0.1, -0.05) is 37.3 Å². The Kier molecular flexibility index (Phi) is 7.06. The van der Waals surface area contributed by atoms with Gasteiger partial charge in [0.2, 0.25) is 0 Å². The molecule has 0 saturated carbocycles. The molecule has 0 spiro atoms. The number of rotatable bonds is 8. The maximum absolute atomic E-state index is 5.37. The zero-order chi connectivity index (χ0) is 14.0. The van der Waals surface area contributed by atoms with E-state index >= 15 is 0 Å². The van der Waals surface area contributed by atoms with Crippen molar-refractivity contribution in [3.8, 4) is 0 Å². The lowest BCUT2D eigenvalue weighted by atomic mass is 10.0. The Balaban J connectivity index is 1.61. The summed E-state index contributed by atoms with van der Waals surface area (Å²) in [5.74, 6) is 0. The van der Waals surface area contributed by atoms with Crippen molar-refractivity contribution in [2.24, 2.45) is 0 Å². The van der Waals surface area contributed by atoms with Gasteiger partial charge in [-0.05, 0) is 37.9 Å². The standard InChI is InChI=1S/C17H28N2O/c1-2-17(15-16-7-4-3-5-8-16)18-9-6-10-19-11-13-20-14-12-19/h3-5,7-8,17-18H,2,6,9-15H2,1H3. The van der Waals surface area contributed by atoms with Gasteiger partial charge in [-0.3, -0.25) is 4.90 Å². The first-order chi connectivity index (χ1) is 9.88. The van der Waals surface area contributed by atoms with Crippen molar-refractivity contribution in [2.45, 2.75) is 32.2 Å². The minimum Gasteiger partial charge on any atom is -0.379 e. The Morgan fingerprint density at radius 3 is 2.65 bits per heavy atom. The molecule has 3 heteroatoms. The van der Waals surface area contributed by atoms with E-state index in [0.717, 1.165) is 39.3 Å². The highest BCUT2D eigenvalue weighted by Gasteiger charge is 2.10. The Morgan fingerprint density at radius 1 is 1.20 bits per heavy atom. The van der Waals surface area contributed by atoms with Gasteiger partial charge in [0, 0.05) is 19.1 Å². The molecule has 0 radical (unpaired) electrons. The summed E-state index contributed by atoms with van der Waals surface area (Å²) in [4.78, 5) is 2.50. The van der Waals surface area contributed by atoms with Crippen LogP contribution >= 0.6 is 0 Å². The molecule has 0 bridgehead atoms. The average molecular weight is 276 g/mol. The van der Waals surface area contributed by atoms with E-state index in [0.29, 0.717) is 6.04 Å². The van der Waals surface area contributed by atoms with Gasteiger partial charge in [-0.2, -0.15) is 0 Å². The van der Waals surface area contributed by atoms with E-state index in [1.807, 2.05) is 0 Å². The molecule has 1 heterocycles. The molecule has 1 saturated heterocycles. The maximum Gasteiger partial charge on any atom is 0.0594 e. The lowest BCUT2D eigenvalue weighted by Gasteiger charge is -2.27. The second-order valence-corrected chi connectivity index (χ2v) is 5.56. The van der Waals surface area contributed by atoms with Gasteiger partial charge in [0.1, 0.15) is 0 Å². The van der Waals surface area contributed by atoms with Crippen LogP contribution in [0.3, 0.4) is 0 Å². The molecule has 1 aliphatic heterocycles. The summed E-state index contributed by atoms with van der Waals surface area (Å²) < 4.78 is 5.37. The SMILES string of the molecule is CCC(Cc1ccccc1)NCCCN1CCOCC1. The molecule has 1 fully saturated rings. The van der Waals surface area contributed by atoms with E-state index in [2.05, 4.69) is 47.5 Å². The summed E-state index contributed by atoms with van der Waals surface area (Å²) in [6.45, 7) is 8.57. The Bertz CT molecular complexity index is 349. The van der Waals surface area contributed by atoms with Gasteiger partial charge >= 0.3 is 0 Å². The van der Waals surface area contributed by atoms with E-state index in [4.69, 9.17) is 4.74 Å². The Morgan fingerprint density at radius 2 is 1.95 bits per heavy atom. The number of nitrogens with zero attached hydrogens (tertiary/aromatic N) is 1. The van der Waals surface area contributed by atoms with Gasteiger partial charge in [-0.25, -0.2) is 0 Å². The third-order valence-electron chi connectivity index (χ3n) is 4.01. The van der Waals surface area contributed by atoms with E-state index in [9.17, 15) is 0 Å². The van der Waals surface area contributed by atoms with Crippen LogP contribution in [0.1, 0.15) is 25.3 Å². The molecule has 3 nitrogen and oxygen atoms in total. The summed E-state index contributed by atoms with van der Waals surface area (Å²) in [6, 6.07) is 11.4. The van der Waals surface area contributed by atoms with Crippen LogP contribution in [0.25, 0.3) is 0 Å². The molecule has 1 N–H and O–H groups in total. The predicted molar refractivity (Wildman–Crippen MR) is 84.1 cm³/mol. The van der Waals surface area contributed by atoms with Gasteiger partial charge in [0.25, 0.3) is 0 Å². The van der Waals surface area contributed by atoms with Crippen LogP contribution in [0.4, 0.5) is 0 Å². The third kappa shape index (κ3) is 5.61.